The van der Waals surface area contributed by atoms with Crippen molar-refractivity contribution >= 4 is 27.8 Å². The molecule has 0 aliphatic heterocycles. The van der Waals surface area contributed by atoms with Crippen molar-refractivity contribution in [1.82, 2.24) is 15.2 Å². The number of carbonyl (C=O) groups excluding carboxylic acids is 1. The molecular weight excluding hydrogens is 416 g/mol. The summed E-state index contributed by atoms with van der Waals surface area (Å²) in [5, 5.41) is 11.2. The summed E-state index contributed by atoms with van der Waals surface area (Å²) in [5.74, 6) is -0.132. The molecule has 3 aromatic carbocycles. The maximum Gasteiger partial charge on any atom is 0.258 e. The van der Waals surface area contributed by atoms with Gasteiger partial charge in [-0.15, -0.1) is 10.2 Å². The minimum absolute atomic E-state index is 0.159. The number of anilines is 1. The van der Waals surface area contributed by atoms with Crippen molar-refractivity contribution in [3.8, 4) is 22.5 Å². The number of benzene rings is 3. The smallest absolute Gasteiger partial charge is 0.258 e. The van der Waals surface area contributed by atoms with Crippen LogP contribution in [0.15, 0.2) is 89.4 Å². The Morgan fingerprint density at radius 2 is 1.29 bits per heavy atom. The minimum atomic E-state index is -0.291. The molecule has 28 heavy (non-hydrogen) atoms. The normalized spacial score (nSPS) is 10.5. The van der Waals surface area contributed by atoms with E-state index in [9.17, 15) is 4.79 Å². The summed E-state index contributed by atoms with van der Waals surface area (Å²) in [7, 11) is 0. The zero-order valence-corrected chi connectivity index (χ0v) is 16.3. The topological polar surface area (TPSA) is 67.8 Å². The van der Waals surface area contributed by atoms with Gasteiger partial charge in [-0.2, -0.15) is 0 Å². The van der Waals surface area contributed by atoms with E-state index < -0.39 is 0 Å². The Bertz CT molecular complexity index is 1100. The highest BCUT2D eigenvalue weighted by Crippen LogP contribution is 2.28. The highest BCUT2D eigenvalue weighted by Gasteiger charge is 2.15. The van der Waals surface area contributed by atoms with Crippen LogP contribution in [0.3, 0.4) is 0 Å². The first-order chi connectivity index (χ1) is 13.7. The van der Waals surface area contributed by atoms with Crippen molar-refractivity contribution in [1.29, 1.82) is 0 Å². The van der Waals surface area contributed by atoms with E-state index in [2.05, 4.69) is 36.4 Å². The van der Waals surface area contributed by atoms with Crippen molar-refractivity contribution in [3.63, 3.8) is 0 Å². The van der Waals surface area contributed by atoms with E-state index in [0.717, 1.165) is 15.6 Å². The molecule has 0 bridgehead atoms. The van der Waals surface area contributed by atoms with E-state index in [-0.39, 0.29) is 11.9 Å². The number of rotatable bonds is 4. The molecule has 1 N–H and O–H groups in total. The summed E-state index contributed by atoms with van der Waals surface area (Å²) in [6.45, 7) is 0. The lowest BCUT2D eigenvalue weighted by Gasteiger charge is -2.10. The summed E-state index contributed by atoms with van der Waals surface area (Å²) >= 11 is 3.36. The number of nitrogens with zero attached hydrogens (tertiary/aromatic N) is 3. The van der Waals surface area contributed by atoms with Gasteiger partial charge in [0.15, 0.2) is 0 Å². The predicted octanol–water partition coefficient (Wildman–Crippen LogP) is 5.22. The SMILES string of the molecule is O=C(Nc1nnc(-c2ccccc2)c(-c2ccccc2)n1)c1ccc(Br)cc1. The third-order valence-corrected chi connectivity index (χ3v) is 4.64. The number of amides is 1. The maximum absolute atomic E-state index is 12.5. The molecule has 0 unspecified atom stereocenters. The summed E-state index contributed by atoms with van der Waals surface area (Å²) in [5.41, 5.74) is 3.64. The Hall–Kier alpha value is -3.38. The molecule has 0 spiro atoms. The van der Waals surface area contributed by atoms with Crippen LogP contribution in [0.1, 0.15) is 10.4 Å². The molecule has 6 heteroatoms. The Kier molecular flexibility index (Phi) is 5.21. The second-order valence-electron chi connectivity index (χ2n) is 6.03. The van der Waals surface area contributed by atoms with E-state index in [1.807, 2.05) is 72.8 Å². The molecule has 0 radical (unpaired) electrons. The van der Waals surface area contributed by atoms with Gasteiger partial charge >= 0.3 is 0 Å². The van der Waals surface area contributed by atoms with E-state index in [1.165, 1.54) is 0 Å². The van der Waals surface area contributed by atoms with Gasteiger partial charge in [-0.1, -0.05) is 76.6 Å². The largest absolute Gasteiger partial charge is 0.289 e. The number of carbonyl (C=O) groups is 1. The first-order valence-corrected chi connectivity index (χ1v) is 9.42. The molecule has 0 fully saturated rings. The lowest BCUT2D eigenvalue weighted by molar-refractivity contribution is 0.102. The molecule has 5 nitrogen and oxygen atoms in total. The predicted molar refractivity (Wildman–Crippen MR) is 113 cm³/mol. The zero-order valence-electron chi connectivity index (χ0n) is 14.7. The Labute approximate surface area is 170 Å². The molecule has 0 saturated heterocycles. The quantitative estimate of drug-likeness (QED) is 0.481. The average molecular weight is 431 g/mol. The lowest BCUT2D eigenvalue weighted by Crippen LogP contribution is -2.15. The van der Waals surface area contributed by atoms with Crippen LogP contribution in [0, 0.1) is 0 Å². The standard InChI is InChI=1S/C22H15BrN4O/c23-18-13-11-17(12-14-18)21(28)25-22-24-19(15-7-3-1-4-8-15)20(26-27-22)16-9-5-2-6-10-16/h1-14H,(H,24,25,27,28). The van der Waals surface area contributed by atoms with E-state index in [1.54, 1.807) is 12.1 Å². The van der Waals surface area contributed by atoms with Crippen LogP contribution in [0.5, 0.6) is 0 Å². The number of hydrogen-bond donors (Lipinski definition) is 1. The Morgan fingerprint density at radius 3 is 1.89 bits per heavy atom. The number of nitrogens with one attached hydrogen (secondary N) is 1. The fourth-order valence-corrected chi connectivity index (χ4v) is 3.01. The molecule has 0 aliphatic rings. The number of hydrogen-bond acceptors (Lipinski definition) is 4. The van der Waals surface area contributed by atoms with Crippen molar-refractivity contribution in [2.24, 2.45) is 0 Å². The highest BCUT2D eigenvalue weighted by atomic mass is 79.9. The van der Waals surface area contributed by atoms with Crippen LogP contribution in [-0.2, 0) is 0 Å². The van der Waals surface area contributed by atoms with Gasteiger partial charge in [0.1, 0.15) is 11.4 Å². The van der Waals surface area contributed by atoms with Crippen molar-refractivity contribution < 1.29 is 4.79 Å². The Balaban J connectivity index is 1.72. The molecular formula is C22H15BrN4O. The second-order valence-corrected chi connectivity index (χ2v) is 6.94. The van der Waals surface area contributed by atoms with Crippen LogP contribution in [0.25, 0.3) is 22.5 Å². The molecule has 1 amide bonds. The van der Waals surface area contributed by atoms with Crippen molar-refractivity contribution in [2.45, 2.75) is 0 Å². The molecule has 1 heterocycles. The second kappa shape index (κ2) is 8.10. The zero-order chi connectivity index (χ0) is 19.3. The minimum Gasteiger partial charge on any atom is -0.289 e. The van der Waals surface area contributed by atoms with Gasteiger partial charge in [0.05, 0.1) is 0 Å². The molecule has 1 aromatic heterocycles. The van der Waals surface area contributed by atoms with Crippen LogP contribution in [-0.4, -0.2) is 21.1 Å². The summed E-state index contributed by atoms with van der Waals surface area (Å²) in [6, 6.07) is 26.5. The summed E-state index contributed by atoms with van der Waals surface area (Å²) < 4.78 is 0.903. The third-order valence-electron chi connectivity index (χ3n) is 4.11. The first-order valence-electron chi connectivity index (χ1n) is 8.63. The van der Waals surface area contributed by atoms with Gasteiger partial charge in [0.2, 0.25) is 5.95 Å². The fourth-order valence-electron chi connectivity index (χ4n) is 2.74. The van der Waals surface area contributed by atoms with E-state index in [0.29, 0.717) is 17.0 Å². The van der Waals surface area contributed by atoms with E-state index >= 15 is 0 Å². The van der Waals surface area contributed by atoms with Crippen molar-refractivity contribution in [2.75, 3.05) is 5.32 Å². The summed E-state index contributed by atoms with van der Waals surface area (Å²) in [4.78, 5) is 17.1. The average Bonchev–Trinajstić information content (AvgIpc) is 2.75. The van der Waals surface area contributed by atoms with Gasteiger partial charge in [-0.25, -0.2) is 4.98 Å². The summed E-state index contributed by atoms with van der Waals surface area (Å²) in [6.07, 6.45) is 0. The van der Waals surface area contributed by atoms with Crippen molar-refractivity contribution in [3.05, 3.63) is 95.0 Å². The van der Waals surface area contributed by atoms with Crippen LogP contribution in [0.2, 0.25) is 0 Å². The molecule has 136 valence electrons. The monoisotopic (exact) mass is 430 g/mol. The van der Waals surface area contributed by atoms with Crippen LogP contribution in [0.4, 0.5) is 5.95 Å². The molecule has 0 saturated carbocycles. The molecule has 0 aliphatic carbocycles. The van der Waals surface area contributed by atoms with Gasteiger partial charge in [0.25, 0.3) is 5.91 Å². The molecule has 0 atom stereocenters. The van der Waals surface area contributed by atoms with E-state index in [4.69, 9.17) is 0 Å². The highest BCUT2D eigenvalue weighted by molar-refractivity contribution is 9.10. The molecule has 4 aromatic rings. The molecule has 4 rings (SSSR count). The van der Waals surface area contributed by atoms with Gasteiger partial charge in [-0.05, 0) is 24.3 Å². The lowest BCUT2D eigenvalue weighted by atomic mass is 10.0. The van der Waals surface area contributed by atoms with Crippen LogP contribution < -0.4 is 5.32 Å². The van der Waals surface area contributed by atoms with Gasteiger partial charge in [-0.3, -0.25) is 10.1 Å². The van der Waals surface area contributed by atoms with Gasteiger partial charge in [0, 0.05) is 21.2 Å². The van der Waals surface area contributed by atoms with Crippen LogP contribution >= 0.6 is 15.9 Å². The Morgan fingerprint density at radius 1 is 0.714 bits per heavy atom. The maximum atomic E-state index is 12.5. The first kappa shape index (κ1) is 18.0. The van der Waals surface area contributed by atoms with Gasteiger partial charge < -0.3 is 0 Å². The fraction of sp³-hybridized carbons (Fsp3) is 0. The number of halogens is 1. The number of aromatic nitrogens is 3. The third kappa shape index (κ3) is 3.97.